The Balaban J connectivity index is 1.26. The van der Waals surface area contributed by atoms with E-state index >= 15 is 0 Å². The van der Waals surface area contributed by atoms with Gasteiger partial charge in [-0.15, -0.1) is 0 Å². The van der Waals surface area contributed by atoms with Crippen molar-refractivity contribution in [2.45, 2.75) is 6.54 Å². The normalized spacial score (nSPS) is 14.7. The molecule has 1 aromatic carbocycles. The van der Waals surface area contributed by atoms with E-state index in [2.05, 4.69) is 32.4 Å². The number of carbonyl (C=O) groups is 1. The van der Waals surface area contributed by atoms with Crippen molar-refractivity contribution >= 4 is 23.2 Å². The molecule has 3 aromatic heterocycles. The first-order chi connectivity index (χ1) is 16.3. The molecule has 1 aliphatic rings. The van der Waals surface area contributed by atoms with Gasteiger partial charge < -0.3 is 10.1 Å². The highest BCUT2D eigenvalue weighted by Gasteiger charge is 2.11. The topological polar surface area (TPSA) is 71.8 Å². The number of morpholine rings is 1. The average molecular weight is 440 g/mol. The lowest BCUT2D eigenvalue weighted by atomic mass is 10.0. The molecule has 5 rings (SSSR count). The van der Waals surface area contributed by atoms with E-state index in [4.69, 9.17) is 4.74 Å². The highest BCUT2D eigenvalue weighted by Crippen LogP contribution is 2.28. The third kappa shape index (κ3) is 5.00. The number of ether oxygens (including phenoxy) is 1. The van der Waals surface area contributed by atoms with Crippen molar-refractivity contribution in [3.63, 3.8) is 0 Å². The predicted octanol–water partition coefficient (Wildman–Crippen LogP) is 3.88. The van der Waals surface area contributed by atoms with Crippen molar-refractivity contribution < 1.29 is 9.53 Å². The van der Waals surface area contributed by atoms with E-state index in [1.807, 2.05) is 53.3 Å². The Kier molecular flexibility index (Phi) is 6.23. The number of aromatic nitrogens is 3. The Morgan fingerprint density at radius 3 is 2.73 bits per heavy atom. The second-order valence-electron chi connectivity index (χ2n) is 7.96. The minimum Gasteiger partial charge on any atom is -0.379 e. The van der Waals surface area contributed by atoms with Gasteiger partial charge >= 0.3 is 0 Å². The highest BCUT2D eigenvalue weighted by molar-refractivity contribution is 6.02. The summed E-state index contributed by atoms with van der Waals surface area (Å²) in [4.78, 5) is 19.1. The Morgan fingerprint density at radius 2 is 1.88 bits per heavy atom. The number of hydrogen-bond acceptors (Lipinski definition) is 5. The molecule has 1 amide bonds. The number of amides is 1. The molecular weight excluding hydrogens is 414 g/mol. The first kappa shape index (κ1) is 21.1. The minimum absolute atomic E-state index is 0.189. The van der Waals surface area contributed by atoms with E-state index in [1.165, 1.54) is 11.6 Å². The number of nitrogens with one attached hydrogen (secondary N) is 1. The van der Waals surface area contributed by atoms with Crippen LogP contribution in [-0.2, 0) is 16.1 Å². The summed E-state index contributed by atoms with van der Waals surface area (Å²) in [5.41, 5.74) is 5.81. The lowest BCUT2D eigenvalue weighted by Crippen LogP contribution is -2.35. The van der Waals surface area contributed by atoms with E-state index in [1.54, 1.807) is 18.5 Å². The van der Waals surface area contributed by atoms with E-state index < -0.39 is 0 Å². The van der Waals surface area contributed by atoms with Crippen LogP contribution >= 0.6 is 0 Å². The Labute approximate surface area is 192 Å². The van der Waals surface area contributed by atoms with Crippen molar-refractivity contribution in [1.29, 1.82) is 0 Å². The second kappa shape index (κ2) is 9.77. The Bertz CT molecular complexity index is 1270. The van der Waals surface area contributed by atoms with Crippen LogP contribution in [0.4, 0.5) is 5.69 Å². The molecule has 0 saturated carbocycles. The van der Waals surface area contributed by atoms with Crippen LogP contribution in [0.5, 0.6) is 0 Å². The fourth-order valence-electron chi connectivity index (χ4n) is 3.99. The summed E-state index contributed by atoms with van der Waals surface area (Å²) in [7, 11) is 0. The smallest absolute Gasteiger partial charge is 0.248 e. The summed E-state index contributed by atoms with van der Waals surface area (Å²) >= 11 is 0. The van der Waals surface area contributed by atoms with Crippen LogP contribution < -0.4 is 5.32 Å². The highest BCUT2D eigenvalue weighted by atomic mass is 16.5. The lowest BCUT2D eigenvalue weighted by Gasteiger charge is -2.26. The Hall–Kier alpha value is -3.81. The van der Waals surface area contributed by atoms with Gasteiger partial charge in [0.25, 0.3) is 0 Å². The molecule has 0 unspecified atom stereocenters. The molecule has 1 aliphatic heterocycles. The van der Waals surface area contributed by atoms with Crippen LogP contribution in [0.2, 0.25) is 0 Å². The van der Waals surface area contributed by atoms with Crippen molar-refractivity contribution in [2.24, 2.45) is 0 Å². The summed E-state index contributed by atoms with van der Waals surface area (Å²) in [5.74, 6) is -0.189. The van der Waals surface area contributed by atoms with Gasteiger partial charge in [0.15, 0.2) is 0 Å². The average Bonchev–Trinajstić information content (AvgIpc) is 3.29. The van der Waals surface area contributed by atoms with Crippen LogP contribution in [0.3, 0.4) is 0 Å². The standard InChI is InChI=1S/C26H25N5O2/c32-26(29-22-7-4-20(5-8-22)19-30-13-15-33-16-14-30)9-6-21-17-27-11-10-23(21)24-18-28-31-12-2-1-3-25(24)31/h1-12,17-18H,13-16,19H2,(H,29,32)/b9-6+. The van der Waals surface area contributed by atoms with Gasteiger partial charge in [-0.3, -0.25) is 14.7 Å². The van der Waals surface area contributed by atoms with Crippen molar-refractivity contribution in [3.05, 3.63) is 90.5 Å². The lowest BCUT2D eigenvalue weighted by molar-refractivity contribution is -0.111. The summed E-state index contributed by atoms with van der Waals surface area (Å²) in [6, 6.07) is 15.9. The third-order valence-electron chi connectivity index (χ3n) is 5.71. The maximum atomic E-state index is 12.5. The largest absolute Gasteiger partial charge is 0.379 e. The van der Waals surface area contributed by atoms with Crippen LogP contribution in [0.15, 0.2) is 79.4 Å². The predicted molar refractivity (Wildman–Crippen MR) is 129 cm³/mol. The quantitative estimate of drug-likeness (QED) is 0.462. The molecule has 0 radical (unpaired) electrons. The van der Waals surface area contributed by atoms with Gasteiger partial charge in [-0.2, -0.15) is 5.10 Å². The molecule has 0 aliphatic carbocycles. The number of anilines is 1. The van der Waals surface area contributed by atoms with E-state index in [9.17, 15) is 4.79 Å². The van der Waals surface area contributed by atoms with Gasteiger partial charge in [0.05, 0.1) is 24.9 Å². The van der Waals surface area contributed by atoms with Crippen molar-refractivity contribution in [2.75, 3.05) is 31.6 Å². The van der Waals surface area contributed by atoms with Gasteiger partial charge in [0, 0.05) is 61.1 Å². The molecule has 0 bridgehead atoms. The first-order valence-electron chi connectivity index (χ1n) is 11.0. The number of carbonyl (C=O) groups excluding carboxylic acids is 1. The van der Waals surface area contributed by atoms with E-state index in [-0.39, 0.29) is 5.91 Å². The summed E-state index contributed by atoms with van der Waals surface area (Å²) in [6.45, 7) is 4.38. The third-order valence-corrected chi connectivity index (χ3v) is 5.71. The van der Waals surface area contributed by atoms with Crippen LogP contribution in [0.25, 0.3) is 22.7 Å². The summed E-state index contributed by atoms with van der Waals surface area (Å²) < 4.78 is 7.23. The molecule has 166 valence electrons. The molecule has 4 aromatic rings. The number of benzene rings is 1. The van der Waals surface area contributed by atoms with E-state index in [0.29, 0.717) is 0 Å². The van der Waals surface area contributed by atoms with Gasteiger partial charge in [0.2, 0.25) is 5.91 Å². The molecule has 1 fully saturated rings. The molecule has 1 saturated heterocycles. The van der Waals surface area contributed by atoms with E-state index in [0.717, 1.165) is 60.7 Å². The van der Waals surface area contributed by atoms with Gasteiger partial charge in [-0.25, -0.2) is 4.52 Å². The zero-order valence-electron chi connectivity index (χ0n) is 18.2. The minimum atomic E-state index is -0.189. The fraction of sp³-hybridized carbons (Fsp3) is 0.192. The SMILES string of the molecule is O=C(/C=C/c1cnccc1-c1cnn2ccccc12)Nc1ccc(CN2CCOCC2)cc1. The van der Waals surface area contributed by atoms with Gasteiger partial charge in [-0.1, -0.05) is 18.2 Å². The van der Waals surface area contributed by atoms with Gasteiger partial charge in [0.1, 0.15) is 0 Å². The maximum Gasteiger partial charge on any atom is 0.248 e. The first-order valence-corrected chi connectivity index (χ1v) is 11.0. The van der Waals surface area contributed by atoms with Gasteiger partial charge in [-0.05, 0) is 47.5 Å². The summed E-state index contributed by atoms with van der Waals surface area (Å²) in [5, 5.41) is 7.35. The molecule has 1 N–H and O–H groups in total. The fourth-order valence-corrected chi connectivity index (χ4v) is 3.99. The molecule has 4 heterocycles. The number of nitrogens with zero attached hydrogens (tertiary/aromatic N) is 4. The van der Waals surface area contributed by atoms with Crippen LogP contribution in [0.1, 0.15) is 11.1 Å². The molecule has 7 nitrogen and oxygen atoms in total. The number of hydrogen-bond donors (Lipinski definition) is 1. The molecule has 0 atom stereocenters. The van der Waals surface area contributed by atoms with Crippen LogP contribution in [0, 0.1) is 0 Å². The zero-order valence-corrected chi connectivity index (χ0v) is 18.2. The number of pyridine rings is 2. The molecule has 33 heavy (non-hydrogen) atoms. The zero-order chi connectivity index (χ0) is 22.5. The second-order valence-corrected chi connectivity index (χ2v) is 7.96. The number of rotatable bonds is 6. The number of fused-ring (bicyclic) bond motifs is 1. The monoisotopic (exact) mass is 439 g/mol. The van der Waals surface area contributed by atoms with Crippen molar-refractivity contribution in [3.8, 4) is 11.1 Å². The molecule has 0 spiro atoms. The summed E-state index contributed by atoms with van der Waals surface area (Å²) in [6.07, 6.45) is 10.6. The molecular formula is C26H25N5O2. The Morgan fingerprint density at radius 1 is 1.03 bits per heavy atom. The van der Waals surface area contributed by atoms with Crippen LogP contribution in [-0.4, -0.2) is 51.7 Å². The molecule has 7 heteroatoms. The maximum absolute atomic E-state index is 12.5. The van der Waals surface area contributed by atoms with Crippen molar-refractivity contribution in [1.82, 2.24) is 19.5 Å².